The van der Waals surface area contributed by atoms with Crippen molar-refractivity contribution in [1.82, 2.24) is 0 Å². The summed E-state index contributed by atoms with van der Waals surface area (Å²) in [7, 11) is 0. The molecule has 1 aliphatic heterocycles. The van der Waals surface area contributed by atoms with Crippen LogP contribution in [0, 0.1) is 5.92 Å². The Morgan fingerprint density at radius 1 is 1.07 bits per heavy atom. The number of Topliss-reactive ketones (excluding diaryl/α,β-unsaturated/α-hetero) is 1. The van der Waals surface area contributed by atoms with Crippen molar-refractivity contribution < 1.29 is 14.7 Å². The van der Waals surface area contributed by atoms with Gasteiger partial charge in [0, 0.05) is 11.9 Å². The van der Waals surface area contributed by atoms with E-state index in [-0.39, 0.29) is 23.6 Å². The molecule has 0 aliphatic carbocycles. The Kier molecular flexibility index (Phi) is 5.79. The van der Waals surface area contributed by atoms with Gasteiger partial charge >= 0.3 is 5.97 Å². The van der Waals surface area contributed by atoms with Crippen molar-refractivity contribution in [3.63, 3.8) is 0 Å². The summed E-state index contributed by atoms with van der Waals surface area (Å²) < 4.78 is 0. The predicted molar refractivity (Wildman–Crippen MR) is 107 cm³/mol. The summed E-state index contributed by atoms with van der Waals surface area (Å²) in [6.07, 6.45) is 1.83. The molecule has 0 radical (unpaired) electrons. The fourth-order valence-electron chi connectivity index (χ4n) is 3.22. The molecule has 6 nitrogen and oxygen atoms in total. The molecular weight excluding hydrogens is 354 g/mol. The first-order valence-corrected chi connectivity index (χ1v) is 8.91. The summed E-state index contributed by atoms with van der Waals surface area (Å²) in [5.74, 6) is -2.19. The van der Waals surface area contributed by atoms with E-state index in [9.17, 15) is 14.7 Å². The number of hydrogen-bond donors (Lipinski definition) is 1. The lowest BCUT2D eigenvalue weighted by atomic mass is 9.84. The molecule has 28 heavy (non-hydrogen) atoms. The van der Waals surface area contributed by atoms with Crippen LogP contribution in [0.2, 0.25) is 0 Å². The maximum Gasteiger partial charge on any atom is 0.334 e. The largest absolute Gasteiger partial charge is 0.478 e. The van der Waals surface area contributed by atoms with E-state index < -0.39 is 11.9 Å². The molecule has 6 heteroatoms. The van der Waals surface area contributed by atoms with Gasteiger partial charge in [-0.1, -0.05) is 36.4 Å². The molecular formula is C22H21N3O3. The van der Waals surface area contributed by atoms with E-state index in [4.69, 9.17) is 0 Å². The molecule has 0 saturated heterocycles. The van der Waals surface area contributed by atoms with Gasteiger partial charge in [-0.05, 0) is 43.7 Å². The Bertz CT molecular complexity index is 963. The first-order valence-electron chi connectivity index (χ1n) is 8.91. The highest BCUT2D eigenvalue weighted by Crippen LogP contribution is 2.31. The smallest absolute Gasteiger partial charge is 0.334 e. The summed E-state index contributed by atoms with van der Waals surface area (Å²) in [6, 6.07) is 18.5. The van der Waals surface area contributed by atoms with E-state index in [1.165, 1.54) is 0 Å². The molecule has 0 spiro atoms. The number of anilines is 1. The molecule has 0 saturated carbocycles. The number of ketones is 1. The van der Waals surface area contributed by atoms with Crippen LogP contribution in [0.15, 0.2) is 93.9 Å². The molecule has 2 aromatic rings. The van der Waals surface area contributed by atoms with Crippen LogP contribution in [0.25, 0.3) is 0 Å². The Morgan fingerprint density at radius 2 is 1.68 bits per heavy atom. The number of rotatable bonds is 5. The second-order valence-electron chi connectivity index (χ2n) is 6.58. The van der Waals surface area contributed by atoms with Crippen LogP contribution in [0.1, 0.15) is 13.8 Å². The molecule has 2 aromatic carbocycles. The SMILES string of the molecule is CC1=CN(c2ccccc2)CC(=O)C1/C(C(=O)O)=C(\C)N=Nc1ccccc1. The second-order valence-corrected chi connectivity index (χ2v) is 6.58. The monoisotopic (exact) mass is 375 g/mol. The summed E-state index contributed by atoms with van der Waals surface area (Å²) in [5.41, 5.74) is 2.34. The van der Waals surface area contributed by atoms with Crippen molar-refractivity contribution in [3.05, 3.63) is 83.7 Å². The van der Waals surface area contributed by atoms with E-state index >= 15 is 0 Å². The van der Waals surface area contributed by atoms with Gasteiger partial charge in [0.05, 0.1) is 29.4 Å². The maximum absolute atomic E-state index is 12.9. The lowest BCUT2D eigenvalue weighted by Crippen LogP contribution is -2.38. The predicted octanol–water partition coefficient (Wildman–Crippen LogP) is 4.74. The van der Waals surface area contributed by atoms with Crippen LogP contribution in [-0.2, 0) is 9.59 Å². The zero-order valence-electron chi connectivity index (χ0n) is 15.7. The van der Waals surface area contributed by atoms with Gasteiger partial charge in [-0.25, -0.2) is 4.79 Å². The normalized spacial score (nSPS) is 18.1. The van der Waals surface area contributed by atoms with Gasteiger partial charge in [0.25, 0.3) is 0 Å². The number of azo groups is 1. The van der Waals surface area contributed by atoms with Crippen LogP contribution >= 0.6 is 0 Å². The quantitative estimate of drug-likeness (QED) is 0.604. The van der Waals surface area contributed by atoms with Crippen LogP contribution < -0.4 is 4.90 Å². The molecule has 1 aliphatic rings. The van der Waals surface area contributed by atoms with E-state index in [1.54, 1.807) is 26.0 Å². The molecule has 0 bridgehead atoms. The lowest BCUT2D eigenvalue weighted by molar-refractivity contribution is -0.134. The third kappa shape index (κ3) is 4.23. The highest BCUT2D eigenvalue weighted by molar-refractivity contribution is 6.01. The van der Waals surface area contributed by atoms with E-state index in [0.29, 0.717) is 11.3 Å². The minimum atomic E-state index is -1.16. The average molecular weight is 375 g/mol. The van der Waals surface area contributed by atoms with Crippen molar-refractivity contribution in [1.29, 1.82) is 0 Å². The number of carboxylic acid groups (broad SMARTS) is 1. The molecule has 1 unspecified atom stereocenters. The van der Waals surface area contributed by atoms with E-state index in [1.807, 2.05) is 59.6 Å². The first kappa shape index (κ1) is 19.2. The number of benzene rings is 2. The summed E-state index contributed by atoms with van der Waals surface area (Å²) in [6.45, 7) is 3.44. The van der Waals surface area contributed by atoms with Gasteiger partial charge in [-0.15, -0.1) is 0 Å². The number of nitrogens with zero attached hydrogens (tertiary/aromatic N) is 3. The lowest BCUT2D eigenvalue weighted by Gasteiger charge is -2.30. The number of hydrogen-bond acceptors (Lipinski definition) is 5. The highest BCUT2D eigenvalue weighted by atomic mass is 16.4. The van der Waals surface area contributed by atoms with Gasteiger partial charge in [0.15, 0.2) is 5.78 Å². The molecule has 142 valence electrons. The molecule has 1 N–H and O–H groups in total. The maximum atomic E-state index is 12.9. The standard InChI is InChI=1S/C22H21N3O3/c1-15-13-25(18-11-7-4-8-12-18)14-19(26)20(15)21(22(27)28)16(2)23-24-17-9-5-3-6-10-17/h3-13,20H,14H2,1-2H3,(H,27,28)/b21-16-,24-23?. The zero-order chi connectivity index (χ0) is 20.1. The highest BCUT2D eigenvalue weighted by Gasteiger charge is 2.35. The zero-order valence-corrected chi connectivity index (χ0v) is 15.7. The number of aliphatic carboxylic acids is 1. The van der Waals surface area contributed by atoms with Crippen molar-refractivity contribution in [3.8, 4) is 0 Å². The van der Waals surface area contributed by atoms with Crippen LogP contribution in [0.4, 0.5) is 11.4 Å². The van der Waals surface area contributed by atoms with E-state index in [0.717, 1.165) is 5.69 Å². The first-order chi connectivity index (χ1) is 13.5. The number of allylic oxidation sites excluding steroid dienone is 2. The third-order valence-corrected chi connectivity index (χ3v) is 4.53. The number of carboxylic acids is 1. The molecule has 0 fully saturated rings. The average Bonchev–Trinajstić information content (AvgIpc) is 2.70. The number of para-hydroxylation sites is 1. The summed E-state index contributed by atoms with van der Waals surface area (Å²) >= 11 is 0. The fraction of sp³-hybridized carbons (Fsp3) is 0.182. The van der Waals surface area contributed by atoms with Gasteiger partial charge in [-0.3, -0.25) is 4.79 Å². The minimum absolute atomic E-state index is 0.0360. The molecule has 0 aromatic heterocycles. The van der Waals surface area contributed by atoms with Crippen molar-refractivity contribution in [2.45, 2.75) is 13.8 Å². The molecule has 3 rings (SSSR count). The number of carbonyl (C=O) groups excluding carboxylic acids is 1. The van der Waals surface area contributed by atoms with Crippen LogP contribution in [0.3, 0.4) is 0 Å². The fourth-order valence-corrected chi connectivity index (χ4v) is 3.22. The van der Waals surface area contributed by atoms with Gasteiger partial charge in [-0.2, -0.15) is 10.2 Å². The van der Waals surface area contributed by atoms with Crippen molar-refractivity contribution >= 4 is 23.1 Å². The Labute approximate surface area is 163 Å². The van der Waals surface area contributed by atoms with Crippen LogP contribution in [0.5, 0.6) is 0 Å². The minimum Gasteiger partial charge on any atom is -0.478 e. The number of carbonyl (C=O) groups is 2. The Morgan fingerprint density at radius 3 is 2.25 bits per heavy atom. The van der Waals surface area contributed by atoms with Crippen LogP contribution in [-0.4, -0.2) is 23.4 Å². The summed E-state index contributed by atoms with van der Waals surface area (Å²) in [5, 5.41) is 17.9. The second kappa shape index (κ2) is 8.43. The van der Waals surface area contributed by atoms with Gasteiger partial charge in [0.2, 0.25) is 0 Å². The third-order valence-electron chi connectivity index (χ3n) is 4.53. The van der Waals surface area contributed by atoms with Crippen molar-refractivity contribution in [2.24, 2.45) is 16.1 Å². The summed E-state index contributed by atoms with van der Waals surface area (Å²) in [4.78, 5) is 26.6. The van der Waals surface area contributed by atoms with Gasteiger partial charge < -0.3 is 10.0 Å². The molecule has 1 heterocycles. The Hall–Kier alpha value is -3.54. The molecule has 0 amide bonds. The topological polar surface area (TPSA) is 82.3 Å². The Balaban J connectivity index is 1.95. The van der Waals surface area contributed by atoms with Gasteiger partial charge in [0.1, 0.15) is 0 Å². The van der Waals surface area contributed by atoms with E-state index in [2.05, 4.69) is 10.2 Å². The molecule has 1 atom stereocenters. The van der Waals surface area contributed by atoms with Crippen molar-refractivity contribution in [2.75, 3.05) is 11.4 Å².